The number of rotatable bonds is 1. The van der Waals surface area contributed by atoms with Gasteiger partial charge in [0.1, 0.15) is 5.75 Å². The molecule has 2 aromatic rings. The molecule has 16 heavy (non-hydrogen) atoms. The lowest BCUT2D eigenvalue weighted by atomic mass is 10.1. The third kappa shape index (κ3) is 2.10. The van der Waals surface area contributed by atoms with Gasteiger partial charge in [-0.1, -0.05) is 23.2 Å². The molecule has 0 unspecified atom stereocenters. The molecule has 0 aliphatic heterocycles. The summed E-state index contributed by atoms with van der Waals surface area (Å²) in [7, 11) is 0. The summed E-state index contributed by atoms with van der Waals surface area (Å²) >= 11 is 11.7. The fraction of sp³-hybridized carbons (Fsp3) is 0. The molecule has 2 rings (SSSR count). The minimum Gasteiger partial charge on any atom is -0.506 e. The molecule has 0 saturated carbocycles. The van der Waals surface area contributed by atoms with Crippen LogP contribution in [0.4, 0.5) is 4.39 Å². The van der Waals surface area contributed by atoms with E-state index < -0.39 is 5.95 Å². The van der Waals surface area contributed by atoms with Crippen molar-refractivity contribution < 1.29 is 9.50 Å². The zero-order valence-electron chi connectivity index (χ0n) is 7.92. The molecule has 2 nitrogen and oxygen atoms in total. The van der Waals surface area contributed by atoms with Gasteiger partial charge in [0.15, 0.2) is 0 Å². The molecule has 1 heterocycles. The van der Waals surface area contributed by atoms with Crippen molar-refractivity contribution >= 4 is 23.2 Å². The van der Waals surface area contributed by atoms with Gasteiger partial charge in [0.2, 0.25) is 5.95 Å². The van der Waals surface area contributed by atoms with Gasteiger partial charge in [-0.15, -0.1) is 0 Å². The summed E-state index contributed by atoms with van der Waals surface area (Å²) in [6.45, 7) is 0. The van der Waals surface area contributed by atoms with Crippen LogP contribution in [0, 0.1) is 5.95 Å². The first-order chi connectivity index (χ1) is 7.58. The molecule has 1 aromatic carbocycles. The zero-order chi connectivity index (χ0) is 11.7. The van der Waals surface area contributed by atoms with Crippen molar-refractivity contribution in [3.05, 3.63) is 46.5 Å². The molecule has 0 amide bonds. The highest BCUT2D eigenvalue weighted by atomic mass is 35.5. The van der Waals surface area contributed by atoms with E-state index in [2.05, 4.69) is 4.98 Å². The van der Waals surface area contributed by atoms with E-state index in [0.29, 0.717) is 15.6 Å². The molecule has 1 aromatic heterocycles. The van der Waals surface area contributed by atoms with Crippen LogP contribution in [0.25, 0.3) is 11.1 Å². The summed E-state index contributed by atoms with van der Waals surface area (Å²) in [5.41, 5.74) is 0.516. The Bertz CT molecular complexity index is 496. The van der Waals surface area contributed by atoms with Crippen molar-refractivity contribution in [2.24, 2.45) is 0 Å². The van der Waals surface area contributed by atoms with Gasteiger partial charge in [0.25, 0.3) is 0 Å². The number of aromatic nitrogens is 1. The van der Waals surface area contributed by atoms with Gasteiger partial charge in [0, 0.05) is 21.2 Å². The second-order valence-electron chi connectivity index (χ2n) is 3.16. The van der Waals surface area contributed by atoms with Gasteiger partial charge in [-0.3, -0.25) is 0 Å². The summed E-state index contributed by atoms with van der Waals surface area (Å²) in [5.74, 6) is -0.839. The lowest BCUT2D eigenvalue weighted by Crippen LogP contribution is -1.89. The topological polar surface area (TPSA) is 33.1 Å². The van der Waals surface area contributed by atoms with E-state index in [0.717, 1.165) is 6.20 Å². The number of aromatic hydroxyl groups is 1. The maximum atomic E-state index is 13.4. The Balaban J connectivity index is 2.66. The molecule has 82 valence electrons. The average Bonchev–Trinajstić information content (AvgIpc) is 2.25. The molecule has 0 aliphatic rings. The second-order valence-corrected chi connectivity index (χ2v) is 4.00. The molecule has 0 spiro atoms. The Morgan fingerprint density at radius 3 is 2.62 bits per heavy atom. The van der Waals surface area contributed by atoms with E-state index in [1.165, 1.54) is 12.1 Å². The quantitative estimate of drug-likeness (QED) is 0.787. The van der Waals surface area contributed by atoms with E-state index in [1.807, 2.05) is 0 Å². The van der Waals surface area contributed by atoms with Crippen LogP contribution in [0.2, 0.25) is 10.0 Å². The molecular formula is C11H6Cl2FNO. The Kier molecular flexibility index (Phi) is 2.99. The van der Waals surface area contributed by atoms with Crippen molar-refractivity contribution in [3.63, 3.8) is 0 Å². The normalized spacial score (nSPS) is 10.4. The van der Waals surface area contributed by atoms with Crippen LogP contribution in [0.15, 0.2) is 30.5 Å². The standard InChI is InChI=1S/C11H6Cl2FNO/c12-6-1-2-10(13)8(3-6)9-4-7(16)5-15-11(9)14/h1-5,16H. The van der Waals surface area contributed by atoms with E-state index in [1.54, 1.807) is 12.1 Å². The molecule has 0 bridgehead atoms. The number of pyridine rings is 1. The smallest absolute Gasteiger partial charge is 0.221 e. The first-order valence-electron chi connectivity index (χ1n) is 4.38. The first-order valence-corrected chi connectivity index (χ1v) is 5.13. The molecule has 0 radical (unpaired) electrons. The molecule has 0 aliphatic carbocycles. The van der Waals surface area contributed by atoms with Gasteiger partial charge < -0.3 is 5.11 Å². The minimum absolute atomic E-state index is 0.118. The third-order valence-corrected chi connectivity index (χ3v) is 2.61. The summed E-state index contributed by atoms with van der Waals surface area (Å²) in [4.78, 5) is 3.41. The molecular weight excluding hydrogens is 252 g/mol. The highest BCUT2D eigenvalue weighted by molar-refractivity contribution is 6.35. The first kappa shape index (κ1) is 11.2. The maximum absolute atomic E-state index is 13.4. The van der Waals surface area contributed by atoms with E-state index >= 15 is 0 Å². The Morgan fingerprint density at radius 2 is 1.88 bits per heavy atom. The number of benzene rings is 1. The van der Waals surface area contributed by atoms with Gasteiger partial charge in [-0.25, -0.2) is 4.98 Å². The lowest BCUT2D eigenvalue weighted by molar-refractivity contribution is 0.467. The molecule has 5 heteroatoms. The minimum atomic E-state index is -0.707. The SMILES string of the molecule is Oc1cnc(F)c(-c2cc(Cl)ccc2Cl)c1. The number of nitrogens with zero attached hydrogens (tertiary/aromatic N) is 1. The fourth-order valence-electron chi connectivity index (χ4n) is 1.33. The number of hydrogen-bond donors (Lipinski definition) is 1. The summed E-state index contributed by atoms with van der Waals surface area (Å²) < 4.78 is 13.4. The molecule has 1 N–H and O–H groups in total. The molecule has 0 fully saturated rings. The zero-order valence-corrected chi connectivity index (χ0v) is 9.43. The second kappa shape index (κ2) is 4.28. The maximum Gasteiger partial charge on any atom is 0.221 e. The van der Waals surface area contributed by atoms with Crippen LogP contribution in [-0.4, -0.2) is 10.1 Å². The summed E-state index contributed by atoms with van der Waals surface area (Å²) in [6, 6.07) is 5.92. The van der Waals surface area contributed by atoms with Crippen LogP contribution >= 0.6 is 23.2 Å². The fourth-order valence-corrected chi connectivity index (χ4v) is 1.72. The largest absolute Gasteiger partial charge is 0.506 e. The van der Waals surface area contributed by atoms with Crippen molar-refractivity contribution in [1.82, 2.24) is 4.98 Å². The summed E-state index contributed by atoms with van der Waals surface area (Å²) in [6.07, 6.45) is 1.03. The van der Waals surface area contributed by atoms with Crippen molar-refractivity contribution in [2.75, 3.05) is 0 Å². The van der Waals surface area contributed by atoms with Gasteiger partial charge >= 0.3 is 0 Å². The van der Waals surface area contributed by atoms with E-state index in [-0.39, 0.29) is 11.3 Å². The van der Waals surface area contributed by atoms with Crippen LogP contribution in [-0.2, 0) is 0 Å². The van der Waals surface area contributed by atoms with Crippen molar-refractivity contribution in [1.29, 1.82) is 0 Å². The number of halogens is 3. The van der Waals surface area contributed by atoms with E-state index in [4.69, 9.17) is 23.2 Å². The lowest BCUT2D eigenvalue weighted by Gasteiger charge is -2.06. The van der Waals surface area contributed by atoms with Crippen LogP contribution in [0.1, 0.15) is 0 Å². The predicted octanol–water partition coefficient (Wildman–Crippen LogP) is 3.90. The Labute approximate surface area is 101 Å². The predicted molar refractivity (Wildman–Crippen MR) is 61.3 cm³/mol. The van der Waals surface area contributed by atoms with Crippen LogP contribution in [0.3, 0.4) is 0 Å². The highest BCUT2D eigenvalue weighted by Gasteiger charge is 2.11. The Hall–Kier alpha value is -1.32. The van der Waals surface area contributed by atoms with Gasteiger partial charge in [0.05, 0.1) is 6.20 Å². The van der Waals surface area contributed by atoms with Crippen LogP contribution < -0.4 is 0 Å². The van der Waals surface area contributed by atoms with E-state index in [9.17, 15) is 9.50 Å². The molecule has 0 saturated heterocycles. The Morgan fingerprint density at radius 1 is 1.12 bits per heavy atom. The average molecular weight is 258 g/mol. The monoisotopic (exact) mass is 257 g/mol. The van der Waals surface area contributed by atoms with Gasteiger partial charge in [-0.05, 0) is 24.3 Å². The number of hydrogen-bond acceptors (Lipinski definition) is 2. The third-order valence-electron chi connectivity index (χ3n) is 2.04. The highest BCUT2D eigenvalue weighted by Crippen LogP contribution is 2.33. The molecule has 0 atom stereocenters. The van der Waals surface area contributed by atoms with Crippen molar-refractivity contribution in [2.45, 2.75) is 0 Å². The summed E-state index contributed by atoms with van der Waals surface area (Å²) in [5, 5.41) is 10.0. The van der Waals surface area contributed by atoms with Gasteiger partial charge in [-0.2, -0.15) is 4.39 Å². The van der Waals surface area contributed by atoms with Crippen molar-refractivity contribution in [3.8, 4) is 16.9 Å². The van der Waals surface area contributed by atoms with Crippen LogP contribution in [0.5, 0.6) is 5.75 Å².